The summed E-state index contributed by atoms with van der Waals surface area (Å²) < 4.78 is 13.1. The third-order valence-electron chi connectivity index (χ3n) is 4.22. The van der Waals surface area contributed by atoms with E-state index in [9.17, 15) is 4.39 Å². The molecule has 0 radical (unpaired) electrons. The monoisotopic (exact) mass is 263 g/mol. The Kier molecular flexibility index (Phi) is 4.11. The molecule has 0 aromatic heterocycles. The molecular weight excluding hydrogens is 241 g/mol. The molecule has 4 heteroatoms. The van der Waals surface area contributed by atoms with E-state index in [1.54, 1.807) is 12.1 Å². The van der Waals surface area contributed by atoms with E-state index in [2.05, 4.69) is 15.5 Å². The minimum atomic E-state index is -0.158. The molecule has 0 spiro atoms. The largest absolute Gasteiger partial charge is 0.314 e. The Morgan fingerprint density at radius 3 is 2.68 bits per heavy atom. The minimum Gasteiger partial charge on any atom is -0.314 e. The van der Waals surface area contributed by atoms with Crippen LogP contribution in [0, 0.1) is 5.82 Å². The number of piperidine rings is 1. The van der Waals surface area contributed by atoms with Gasteiger partial charge in [-0.3, -0.25) is 4.90 Å². The third kappa shape index (κ3) is 2.96. The predicted molar refractivity (Wildman–Crippen MR) is 74.4 cm³/mol. The molecule has 0 bridgehead atoms. The lowest BCUT2D eigenvalue weighted by atomic mass is 10.00. The fourth-order valence-electron chi connectivity index (χ4n) is 3.20. The summed E-state index contributed by atoms with van der Waals surface area (Å²) in [5.41, 5.74) is 1.21. The van der Waals surface area contributed by atoms with Gasteiger partial charge in [-0.2, -0.15) is 0 Å². The Morgan fingerprint density at radius 2 is 1.95 bits per heavy atom. The highest BCUT2D eigenvalue weighted by Crippen LogP contribution is 2.26. The zero-order valence-corrected chi connectivity index (χ0v) is 11.2. The Morgan fingerprint density at radius 1 is 1.11 bits per heavy atom. The van der Waals surface area contributed by atoms with Gasteiger partial charge in [0.15, 0.2) is 0 Å². The van der Waals surface area contributed by atoms with Crippen LogP contribution in [0.2, 0.25) is 0 Å². The van der Waals surface area contributed by atoms with Crippen molar-refractivity contribution in [1.82, 2.24) is 15.5 Å². The third-order valence-corrected chi connectivity index (χ3v) is 4.22. The first-order valence-electron chi connectivity index (χ1n) is 7.30. The van der Waals surface area contributed by atoms with Crippen LogP contribution in [0.5, 0.6) is 0 Å². The topological polar surface area (TPSA) is 27.3 Å². The summed E-state index contributed by atoms with van der Waals surface area (Å²) in [6, 6.07) is 7.32. The van der Waals surface area contributed by atoms with Gasteiger partial charge in [0.05, 0.1) is 6.17 Å². The van der Waals surface area contributed by atoms with Crippen molar-refractivity contribution in [3.8, 4) is 0 Å². The van der Waals surface area contributed by atoms with Crippen LogP contribution in [0.3, 0.4) is 0 Å². The molecule has 2 heterocycles. The van der Waals surface area contributed by atoms with Crippen molar-refractivity contribution < 1.29 is 4.39 Å². The number of hydrogen-bond donors (Lipinski definition) is 2. The molecule has 2 unspecified atom stereocenters. The van der Waals surface area contributed by atoms with Crippen LogP contribution in [0.1, 0.15) is 30.9 Å². The molecule has 2 fully saturated rings. The maximum atomic E-state index is 13.1. The Balaban J connectivity index is 1.78. The summed E-state index contributed by atoms with van der Waals surface area (Å²) in [4.78, 5) is 2.54. The molecule has 0 aliphatic carbocycles. The number of rotatable bonds is 2. The molecule has 1 aromatic rings. The molecule has 2 N–H and O–H groups in total. The summed E-state index contributed by atoms with van der Waals surface area (Å²) in [6.07, 6.45) is 4.28. The molecule has 19 heavy (non-hydrogen) atoms. The smallest absolute Gasteiger partial charge is 0.123 e. The molecule has 2 saturated heterocycles. The van der Waals surface area contributed by atoms with E-state index in [0.29, 0.717) is 12.2 Å². The lowest BCUT2D eigenvalue weighted by Gasteiger charge is -2.43. The van der Waals surface area contributed by atoms with E-state index < -0.39 is 0 Å². The van der Waals surface area contributed by atoms with E-state index in [4.69, 9.17) is 0 Å². The van der Waals surface area contributed by atoms with Crippen LogP contribution in [0.25, 0.3) is 0 Å². The van der Waals surface area contributed by atoms with Crippen molar-refractivity contribution in [2.45, 2.75) is 31.5 Å². The van der Waals surface area contributed by atoms with E-state index in [0.717, 1.165) is 26.2 Å². The molecule has 2 aliphatic heterocycles. The summed E-state index contributed by atoms with van der Waals surface area (Å²) in [6.45, 7) is 4.16. The predicted octanol–water partition coefficient (Wildman–Crippen LogP) is 1.87. The Hall–Kier alpha value is -0.970. The van der Waals surface area contributed by atoms with E-state index in [-0.39, 0.29) is 5.82 Å². The van der Waals surface area contributed by atoms with Gasteiger partial charge in [-0.05, 0) is 43.5 Å². The van der Waals surface area contributed by atoms with Gasteiger partial charge in [-0.15, -0.1) is 0 Å². The highest BCUT2D eigenvalue weighted by Gasteiger charge is 2.30. The van der Waals surface area contributed by atoms with E-state index >= 15 is 0 Å². The van der Waals surface area contributed by atoms with Gasteiger partial charge < -0.3 is 10.6 Å². The molecule has 2 atom stereocenters. The number of halogens is 1. The molecule has 3 rings (SSSR count). The number of nitrogens with one attached hydrogen (secondary N) is 2. The Bertz CT molecular complexity index is 400. The summed E-state index contributed by atoms with van der Waals surface area (Å²) in [5, 5.41) is 7.08. The normalized spacial score (nSPS) is 29.3. The lowest BCUT2D eigenvalue weighted by Crippen LogP contribution is -2.56. The lowest BCUT2D eigenvalue weighted by molar-refractivity contribution is 0.0684. The second-order valence-corrected chi connectivity index (χ2v) is 5.48. The van der Waals surface area contributed by atoms with Crippen LogP contribution in [0.4, 0.5) is 4.39 Å². The average Bonchev–Trinajstić information content (AvgIpc) is 2.49. The number of nitrogens with zero attached hydrogens (tertiary/aromatic N) is 1. The van der Waals surface area contributed by atoms with E-state index in [1.807, 2.05) is 12.1 Å². The van der Waals surface area contributed by atoms with Crippen molar-refractivity contribution in [1.29, 1.82) is 0 Å². The number of hydrogen-bond acceptors (Lipinski definition) is 3. The van der Waals surface area contributed by atoms with Crippen LogP contribution in [0.15, 0.2) is 24.3 Å². The SMILES string of the molecule is Fc1ccc(C2CNCCN2C2CCCCN2)cc1. The maximum Gasteiger partial charge on any atom is 0.123 e. The van der Waals surface area contributed by atoms with Crippen molar-refractivity contribution in [2.24, 2.45) is 0 Å². The number of piperazine rings is 1. The van der Waals surface area contributed by atoms with Gasteiger partial charge in [0.2, 0.25) is 0 Å². The maximum absolute atomic E-state index is 13.1. The summed E-state index contributed by atoms with van der Waals surface area (Å²) >= 11 is 0. The van der Waals surface area contributed by atoms with Crippen molar-refractivity contribution in [3.63, 3.8) is 0 Å². The van der Waals surface area contributed by atoms with Crippen molar-refractivity contribution in [2.75, 3.05) is 26.2 Å². The van der Waals surface area contributed by atoms with Crippen LogP contribution < -0.4 is 10.6 Å². The fraction of sp³-hybridized carbons (Fsp3) is 0.600. The zero-order chi connectivity index (χ0) is 13.1. The first kappa shape index (κ1) is 13.0. The quantitative estimate of drug-likeness (QED) is 0.853. The summed E-state index contributed by atoms with van der Waals surface area (Å²) in [5.74, 6) is -0.158. The van der Waals surface area contributed by atoms with Crippen molar-refractivity contribution >= 4 is 0 Å². The minimum absolute atomic E-state index is 0.158. The molecule has 2 aliphatic rings. The van der Waals surface area contributed by atoms with E-state index in [1.165, 1.54) is 24.8 Å². The van der Waals surface area contributed by atoms with Crippen LogP contribution in [-0.2, 0) is 0 Å². The molecule has 104 valence electrons. The van der Waals surface area contributed by atoms with Crippen LogP contribution in [-0.4, -0.2) is 37.2 Å². The molecule has 0 saturated carbocycles. The van der Waals surface area contributed by atoms with Gasteiger partial charge in [-0.25, -0.2) is 4.39 Å². The highest BCUT2D eigenvalue weighted by molar-refractivity contribution is 5.21. The van der Waals surface area contributed by atoms with Gasteiger partial charge in [0.1, 0.15) is 5.82 Å². The first-order chi connectivity index (χ1) is 9.34. The second kappa shape index (κ2) is 5.99. The highest BCUT2D eigenvalue weighted by atomic mass is 19.1. The van der Waals surface area contributed by atoms with Gasteiger partial charge in [-0.1, -0.05) is 12.1 Å². The number of benzene rings is 1. The van der Waals surface area contributed by atoms with Gasteiger partial charge >= 0.3 is 0 Å². The molecule has 3 nitrogen and oxygen atoms in total. The van der Waals surface area contributed by atoms with Crippen LogP contribution >= 0.6 is 0 Å². The molecule has 0 amide bonds. The molecule has 1 aromatic carbocycles. The van der Waals surface area contributed by atoms with Gasteiger partial charge in [0, 0.05) is 25.7 Å². The zero-order valence-electron chi connectivity index (χ0n) is 11.2. The van der Waals surface area contributed by atoms with Crippen molar-refractivity contribution in [3.05, 3.63) is 35.6 Å². The standard InChI is InChI=1S/C15H22FN3/c16-13-6-4-12(5-7-13)14-11-17-9-10-19(14)15-3-1-2-8-18-15/h4-7,14-15,17-18H,1-3,8-11H2. The molecular formula is C15H22FN3. The second-order valence-electron chi connectivity index (χ2n) is 5.48. The average molecular weight is 263 g/mol. The van der Waals surface area contributed by atoms with Gasteiger partial charge in [0.25, 0.3) is 0 Å². The first-order valence-corrected chi connectivity index (χ1v) is 7.30. The summed E-state index contributed by atoms with van der Waals surface area (Å²) in [7, 11) is 0. The Labute approximate surface area is 114 Å². The fourth-order valence-corrected chi connectivity index (χ4v) is 3.20.